The van der Waals surface area contributed by atoms with E-state index in [0.717, 1.165) is 36.7 Å². The van der Waals surface area contributed by atoms with Gasteiger partial charge in [0.05, 0.1) is 13.2 Å². The lowest BCUT2D eigenvalue weighted by molar-refractivity contribution is 0.122. The molecule has 4 rings (SSSR count). The Balaban J connectivity index is 1.69. The summed E-state index contributed by atoms with van der Waals surface area (Å²) in [6.07, 6.45) is 0. The Labute approximate surface area is 132 Å². The molecule has 1 aliphatic rings. The smallest absolute Gasteiger partial charge is 0.246 e. The lowest BCUT2D eigenvalue weighted by Crippen LogP contribution is -2.37. The van der Waals surface area contributed by atoms with Gasteiger partial charge in [0.2, 0.25) is 5.95 Å². The predicted octanol–water partition coefficient (Wildman–Crippen LogP) is 2.90. The van der Waals surface area contributed by atoms with Gasteiger partial charge in [0, 0.05) is 18.0 Å². The fourth-order valence-electron chi connectivity index (χ4n) is 2.49. The van der Waals surface area contributed by atoms with Crippen molar-refractivity contribution in [3.63, 3.8) is 0 Å². The van der Waals surface area contributed by atoms with Crippen LogP contribution in [0.3, 0.4) is 0 Å². The number of aryl methyl sites for hydroxylation is 1. The number of hydrogen-bond acceptors (Lipinski definition) is 6. The molecule has 5 nitrogen and oxygen atoms in total. The van der Waals surface area contributed by atoms with Gasteiger partial charge in [0.1, 0.15) is 10.3 Å². The number of thiophene rings is 1. The second-order valence-corrected chi connectivity index (χ2v) is 6.41. The maximum Gasteiger partial charge on any atom is 0.246 e. The summed E-state index contributed by atoms with van der Waals surface area (Å²) in [5, 5.41) is 8.60. The summed E-state index contributed by atoms with van der Waals surface area (Å²) in [6.45, 7) is 5.18. The molecule has 1 aliphatic heterocycles. The molecule has 6 heteroatoms. The molecule has 0 aliphatic carbocycles. The lowest BCUT2D eigenvalue weighted by atomic mass is 10.1. The van der Waals surface area contributed by atoms with E-state index in [9.17, 15) is 0 Å². The van der Waals surface area contributed by atoms with Gasteiger partial charge in [-0.15, -0.1) is 21.5 Å². The first-order chi connectivity index (χ1) is 10.8. The van der Waals surface area contributed by atoms with Crippen LogP contribution in [-0.2, 0) is 4.74 Å². The summed E-state index contributed by atoms with van der Waals surface area (Å²) in [5.41, 5.74) is 3.32. The zero-order valence-corrected chi connectivity index (χ0v) is 13.1. The topological polar surface area (TPSA) is 51.1 Å². The van der Waals surface area contributed by atoms with Gasteiger partial charge in [-0.2, -0.15) is 4.98 Å². The molecular formula is C16H16N4OS. The van der Waals surface area contributed by atoms with Crippen molar-refractivity contribution >= 4 is 27.6 Å². The monoisotopic (exact) mass is 312 g/mol. The Hall–Kier alpha value is -2.05. The highest BCUT2D eigenvalue weighted by Gasteiger charge is 2.16. The van der Waals surface area contributed by atoms with Crippen molar-refractivity contribution in [1.29, 1.82) is 0 Å². The molecule has 1 aromatic carbocycles. The number of ether oxygens (including phenoxy) is 1. The second-order valence-electron chi connectivity index (χ2n) is 5.38. The first kappa shape index (κ1) is 13.6. The van der Waals surface area contributed by atoms with Gasteiger partial charge < -0.3 is 9.64 Å². The summed E-state index contributed by atoms with van der Waals surface area (Å²) >= 11 is 1.66. The standard InChI is InChI=1S/C16H16N4OS/c1-11-2-4-12(5-3-11)14-10-13-15(22-14)17-16(19-18-13)20-6-8-21-9-7-20/h2-5,10H,6-9H2,1H3. The molecule has 0 saturated carbocycles. The van der Waals surface area contributed by atoms with E-state index in [1.807, 2.05) is 0 Å². The van der Waals surface area contributed by atoms with Crippen molar-refractivity contribution in [1.82, 2.24) is 15.2 Å². The highest BCUT2D eigenvalue weighted by atomic mass is 32.1. The number of morpholine rings is 1. The van der Waals surface area contributed by atoms with Crippen molar-refractivity contribution in [3.05, 3.63) is 35.9 Å². The highest BCUT2D eigenvalue weighted by molar-refractivity contribution is 7.21. The summed E-state index contributed by atoms with van der Waals surface area (Å²) in [6, 6.07) is 10.6. The van der Waals surface area contributed by atoms with Crippen molar-refractivity contribution < 1.29 is 4.74 Å². The predicted molar refractivity (Wildman–Crippen MR) is 88.4 cm³/mol. The van der Waals surface area contributed by atoms with Gasteiger partial charge in [-0.05, 0) is 18.6 Å². The minimum Gasteiger partial charge on any atom is -0.378 e. The number of hydrogen-bond donors (Lipinski definition) is 0. The fourth-order valence-corrected chi connectivity index (χ4v) is 3.46. The van der Waals surface area contributed by atoms with E-state index in [2.05, 4.69) is 57.3 Å². The van der Waals surface area contributed by atoms with Crippen molar-refractivity contribution in [2.45, 2.75) is 6.92 Å². The third kappa shape index (κ3) is 2.55. The van der Waals surface area contributed by atoms with Crippen molar-refractivity contribution in [3.8, 4) is 10.4 Å². The maximum atomic E-state index is 5.37. The molecule has 1 saturated heterocycles. The van der Waals surface area contributed by atoms with Crippen molar-refractivity contribution in [2.75, 3.05) is 31.2 Å². The molecule has 22 heavy (non-hydrogen) atoms. The molecule has 2 aromatic heterocycles. The lowest BCUT2D eigenvalue weighted by Gasteiger charge is -2.25. The Morgan fingerprint density at radius 2 is 1.86 bits per heavy atom. The maximum absolute atomic E-state index is 5.37. The Morgan fingerprint density at radius 3 is 2.64 bits per heavy atom. The van der Waals surface area contributed by atoms with E-state index in [0.29, 0.717) is 5.95 Å². The molecular weight excluding hydrogens is 296 g/mol. The van der Waals surface area contributed by atoms with Gasteiger partial charge in [-0.3, -0.25) is 0 Å². The van der Waals surface area contributed by atoms with Crippen LogP contribution in [0.2, 0.25) is 0 Å². The molecule has 3 heterocycles. The van der Waals surface area contributed by atoms with Crippen LogP contribution in [0.5, 0.6) is 0 Å². The molecule has 0 spiro atoms. The molecule has 0 unspecified atom stereocenters. The molecule has 112 valence electrons. The molecule has 0 radical (unpaired) electrons. The minimum atomic E-state index is 0.702. The van der Waals surface area contributed by atoms with Crippen LogP contribution in [0.25, 0.3) is 20.8 Å². The van der Waals surface area contributed by atoms with Gasteiger partial charge in [-0.25, -0.2) is 0 Å². The number of aromatic nitrogens is 3. The number of anilines is 1. The average molecular weight is 312 g/mol. The largest absolute Gasteiger partial charge is 0.378 e. The minimum absolute atomic E-state index is 0.702. The van der Waals surface area contributed by atoms with E-state index < -0.39 is 0 Å². The van der Waals surface area contributed by atoms with Crippen LogP contribution in [0.4, 0.5) is 5.95 Å². The average Bonchev–Trinajstić information content (AvgIpc) is 2.99. The first-order valence-electron chi connectivity index (χ1n) is 7.33. The second kappa shape index (κ2) is 5.62. The summed E-state index contributed by atoms with van der Waals surface area (Å²) in [5.74, 6) is 0.702. The Bertz CT molecular complexity index is 794. The zero-order chi connectivity index (χ0) is 14.9. The van der Waals surface area contributed by atoms with E-state index in [-0.39, 0.29) is 0 Å². The molecule has 0 N–H and O–H groups in total. The highest BCUT2D eigenvalue weighted by Crippen LogP contribution is 2.32. The molecule has 0 amide bonds. The van der Waals surface area contributed by atoms with E-state index in [4.69, 9.17) is 4.74 Å². The van der Waals surface area contributed by atoms with Crippen LogP contribution >= 0.6 is 11.3 Å². The zero-order valence-electron chi connectivity index (χ0n) is 12.3. The van der Waals surface area contributed by atoms with Crippen LogP contribution < -0.4 is 4.90 Å². The summed E-state index contributed by atoms with van der Waals surface area (Å²) in [4.78, 5) is 8.92. The molecule has 0 atom stereocenters. The van der Waals surface area contributed by atoms with E-state index in [1.165, 1.54) is 16.0 Å². The van der Waals surface area contributed by atoms with Gasteiger partial charge in [0.15, 0.2) is 0 Å². The summed E-state index contributed by atoms with van der Waals surface area (Å²) in [7, 11) is 0. The third-order valence-electron chi connectivity index (χ3n) is 3.77. The number of nitrogens with zero attached hydrogens (tertiary/aromatic N) is 4. The van der Waals surface area contributed by atoms with Crippen molar-refractivity contribution in [2.24, 2.45) is 0 Å². The van der Waals surface area contributed by atoms with Crippen LogP contribution in [0.1, 0.15) is 5.56 Å². The molecule has 1 fully saturated rings. The van der Waals surface area contributed by atoms with E-state index >= 15 is 0 Å². The number of fused-ring (bicyclic) bond motifs is 1. The molecule has 0 bridgehead atoms. The van der Waals surface area contributed by atoms with Gasteiger partial charge in [0.25, 0.3) is 0 Å². The Kier molecular flexibility index (Phi) is 3.48. The summed E-state index contributed by atoms with van der Waals surface area (Å²) < 4.78 is 5.37. The van der Waals surface area contributed by atoms with Crippen LogP contribution in [0.15, 0.2) is 30.3 Å². The fraction of sp³-hybridized carbons (Fsp3) is 0.312. The van der Waals surface area contributed by atoms with E-state index in [1.54, 1.807) is 11.3 Å². The molecule has 3 aromatic rings. The third-order valence-corrected chi connectivity index (χ3v) is 4.84. The number of rotatable bonds is 2. The Morgan fingerprint density at radius 1 is 1.09 bits per heavy atom. The quantitative estimate of drug-likeness (QED) is 0.728. The first-order valence-corrected chi connectivity index (χ1v) is 8.15. The van der Waals surface area contributed by atoms with Crippen LogP contribution in [-0.4, -0.2) is 41.5 Å². The van der Waals surface area contributed by atoms with Gasteiger partial charge >= 0.3 is 0 Å². The number of benzene rings is 1. The van der Waals surface area contributed by atoms with Crippen LogP contribution in [0, 0.1) is 6.92 Å². The normalized spacial score (nSPS) is 15.4. The van der Waals surface area contributed by atoms with Gasteiger partial charge in [-0.1, -0.05) is 29.8 Å². The SMILES string of the molecule is Cc1ccc(-c2cc3nnc(N4CCOCC4)nc3s2)cc1.